The van der Waals surface area contributed by atoms with E-state index in [1.54, 1.807) is 0 Å². The van der Waals surface area contributed by atoms with Crippen molar-refractivity contribution in [2.45, 2.75) is 123 Å². The molecule has 2 atom stereocenters. The molecule has 0 fully saturated rings. The van der Waals surface area contributed by atoms with E-state index in [1.807, 2.05) is 25.1 Å². The van der Waals surface area contributed by atoms with Crippen molar-refractivity contribution in [1.29, 1.82) is 0 Å². The van der Waals surface area contributed by atoms with Gasteiger partial charge in [0, 0.05) is 5.56 Å². The molecule has 0 spiro atoms. The summed E-state index contributed by atoms with van der Waals surface area (Å²) in [7, 11) is 4.15. The van der Waals surface area contributed by atoms with Gasteiger partial charge in [-0.05, 0) is 43.9 Å². The summed E-state index contributed by atoms with van der Waals surface area (Å²) < 4.78 is 12.4. The highest BCUT2D eigenvalue weighted by Crippen LogP contribution is 2.19. The number of carbonyl (C=O) groups is 1. The highest BCUT2D eigenvalue weighted by atomic mass is 16.6. The molecule has 218 valence electrons. The Balaban J connectivity index is 1.64. The summed E-state index contributed by atoms with van der Waals surface area (Å²) in [5, 5.41) is 0. The van der Waals surface area contributed by atoms with Crippen LogP contribution in [0.1, 0.15) is 109 Å². The maximum absolute atomic E-state index is 12.9. The number of hydrogen-bond acceptors (Lipinski definition) is 3. The SMILES string of the molecule is CCCCCCCCCCCCCc1ccc(OC(CC)COC(=O)C(C)[N+](C)(C)Cc2ccccc2)cc1. The Bertz CT molecular complexity index is 894. The fourth-order valence-electron chi connectivity index (χ4n) is 4.93. The first kappa shape index (κ1) is 32.9. The number of aryl methyl sites for hydroxylation is 1. The molecule has 2 unspecified atom stereocenters. The zero-order valence-electron chi connectivity index (χ0n) is 25.6. The smallest absolute Gasteiger partial charge is 0.364 e. The number of esters is 1. The number of quaternary nitrogens is 1. The number of ether oxygens (including phenoxy) is 2. The van der Waals surface area contributed by atoms with Crippen LogP contribution in [0.25, 0.3) is 0 Å². The Kier molecular flexibility index (Phi) is 15.9. The van der Waals surface area contributed by atoms with Crippen molar-refractivity contribution < 1.29 is 18.8 Å². The van der Waals surface area contributed by atoms with Gasteiger partial charge in [0.1, 0.15) is 25.0 Å². The lowest BCUT2D eigenvalue weighted by Gasteiger charge is -2.34. The minimum Gasteiger partial charge on any atom is -0.487 e. The number of rotatable bonds is 21. The molecule has 2 aromatic rings. The first-order chi connectivity index (χ1) is 18.9. The minimum atomic E-state index is -0.266. The van der Waals surface area contributed by atoms with Crippen LogP contribution in [0.4, 0.5) is 0 Å². The third-order valence-corrected chi connectivity index (χ3v) is 7.98. The summed E-state index contributed by atoms with van der Waals surface area (Å²) >= 11 is 0. The summed E-state index contributed by atoms with van der Waals surface area (Å²) in [5.74, 6) is 0.661. The van der Waals surface area contributed by atoms with E-state index in [0.29, 0.717) is 4.48 Å². The monoisotopic (exact) mass is 538 g/mol. The van der Waals surface area contributed by atoms with Gasteiger partial charge in [-0.1, -0.05) is 121 Å². The molecule has 0 aliphatic carbocycles. The van der Waals surface area contributed by atoms with Crippen molar-refractivity contribution in [3.05, 3.63) is 65.7 Å². The largest absolute Gasteiger partial charge is 0.487 e. The standard InChI is InChI=1S/C35H56NO3/c1-6-8-9-10-11-12-13-14-15-16-18-21-31-24-26-34(27-25-31)39-33(7-2)29-38-35(37)30(3)36(4,5)28-32-22-19-17-20-23-32/h17,19-20,22-27,30,33H,6-16,18,21,28-29H2,1-5H3/q+1. The van der Waals surface area contributed by atoms with Crippen molar-refractivity contribution in [2.24, 2.45) is 0 Å². The van der Waals surface area contributed by atoms with Gasteiger partial charge in [0.15, 0.2) is 6.04 Å². The Labute approximate surface area is 239 Å². The molecule has 4 nitrogen and oxygen atoms in total. The molecule has 2 aromatic carbocycles. The van der Waals surface area contributed by atoms with Crippen LogP contribution in [0, 0.1) is 0 Å². The average Bonchev–Trinajstić information content (AvgIpc) is 2.94. The van der Waals surface area contributed by atoms with E-state index >= 15 is 0 Å². The molecule has 2 rings (SSSR count). The van der Waals surface area contributed by atoms with Gasteiger partial charge in [-0.3, -0.25) is 0 Å². The Morgan fingerprint density at radius 1 is 0.744 bits per heavy atom. The summed E-state index contributed by atoms with van der Waals surface area (Å²) in [6.45, 7) is 7.34. The van der Waals surface area contributed by atoms with Crippen molar-refractivity contribution in [3.8, 4) is 5.75 Å². The number of unbranched alkanes of at least 4 members (excludes halogenated alkanes) is 10. The lowest BCUT2D eigenvalue weighted by atomic mass is 10.0. The summed E-state index contributed by atoms with van der Waals surface area (Å²) in [5.41, 5.74) is 2.58. The predicted octanol–water partition coefficient (Wildman–Crippen LogP) is 8.91. The zero-order valence-corrected chi connectivity index (χ0v) is 25.6. The van der Waals surface area contributed by atoms with E-state index < -0.39 is 0 Å². The summed E-state index contributed by atoms with van der Waals surface area (Å²) in [4.78, 5) is 12.9. The fraction of sp³-hybridized carbons (Fsp3) is 0.629. The molecule has 0 aliphatic rings. The molecule has 4 heteroatoms. The van der Waals surface area contributed by atoms with Crippen LogP contribution in [-0.4, -0.2) is 43.3 Å². The Hall–Kier alpha value is -2.33. The first-order valence-electron chi connectivity index (χ1n) is 15.6. The normalized spacial score (nSPS) is 13.2. The molecule has 0 amide bonds. The lowest BCUT2D eigenvalue weighted by molar-refractivity contribution is -0.917. The van der Waals surface area contributed by atoms with Crippen LogP contribution in [0.5, 0.6) is 5.75 Å². The maximum Gasteiger partial charge on any atom is 0.364 e. The van der Waals surface area contributed by atoms with Gasteiger partial charge < -0.3 is 14.0 Å². The van der Waals surface area contributed by atoms with Crippen LogP contribution in [0.2, 0.25) is 0 Å². The molecule has 0 bridgehead atoms. The van der Waals surface area contributed by atoms with Crippen molar-refractivity contribution in [2.75, 3.05) is 20.7 Å². The third kappa shape index (κ3) is 13.5. The zero-order chi connectivity index (χ0) is 28.3. The third-order valence-electron chi connectivity index (χ3n) is 7.98. The first-order valence-corrected chi connectivity index (χ1v) is 15.6. The molecule has 0 heterocycles. The second-order valence-electron chi connectivity index (χ2n) is 11.8. The molecule has 0 aromatic heterocycles. The second kappa shape index (κ2) is 18.9. The van der Waals surface area contributed by atoms with E-state index in [0.717, 1.165) is 25.1 Å². The van der Waals surface area contributed by atoms with Crippen molar-refractivity contribution in [3.63, 3.8) is 0 Å². The number of hydrogen-bond donors (Lipinski definition) is 0. The van der Waals surface area contributed by atoms with Gasteiger partial charge in [-0.25, -0.2) is 4.79 Å². The molecule has 0 saturated heterocycles. The van der Waals surface area contributed by atoms with E-state index in [9.17, 15) is 4.79 Å². The molecule has 0 N–H and O–H groups in total. The average molecular weight is 539 g/mol. The predicted molar refractivity (Wildman–Crippen MR) is 164 cm³/mol. The lowest BCUT2D eigenvalue weighted by Crippen LogP contribution is -2.51. The number of benzene rings is 2. The summed E-state index contributed by atoms with van der Waals surface area (Å²) in [6.07, 6.45) is 16.9. The molecule has 39 heavy (non-hydrogen) atoms. The van der Waals surface area contributed by atoms with E-state index in [-0.39, 0.29) is 24.7 Å². The highest BCUT2D eigenvalue weighted by molar-refractivity contribution is 5.74. The Morgan fingerprint density at radius 2 is 1.31 bits per heavy atom. The van der Waals surface area contributed by atoms with Crippen LogP contribution in [0.15, 0.2) is 54.6 Å². The van der Waals surface area contributed by atoms with Crippen molar-refractivity contribution >= 4 is 5.97 Å². The highest BCUT2D eigenvalue weighted by Gasteiger charge is 2.32. The van der Waals surface area contributed by atoms with Crippen LogP contribution in [-0.2, 0) is 22.5 Å². The van der Waals surface area contributed by atoms with Gasteiger partial charge in [-0.2, -0.15) is 0 Å². The van der Waals surface area contributed by atoms with E-state index in [1.165, 1.54) is 81.8 Å². The van der Waals surface area contributed by atoms with Gasteiger partial charge in [0.2, 0.25) is 0 Å². The number of carbonyl (C=O) groups excluding carboxylic acids is 1. The van der Waals surface area contributed by atoms with Gasteiger partial charge in [0.05, 0.1) is 14.1 Å². The second-order valence-corrected chi connectivity index (χ2v) is 11.8. The molecular weight excluding hydrogens is 482 g/mol. The minimum absolute atomic E-state index is 0.150. The fourth-order valence-corrected chi connectivity index (χ4v) is 4.93. The van der Waals surface area contributed by atoms with Crippen LogP contribution >= 0.6 is 0 Å². The van der Waals surface area contributed by atoms with Gasteiger partial charge in [0.25, 0.3) is 0 Å². The number of nitrogens with zero attached hydrogens (tertiary/aromatic N) is 1. The maximum atomic E-state index is 12.9. The quantitative estimate of drug-likeness (QED) is 0.0904. The van der Waals surface area contributed by atoms with E-state index in [4.69, 9.17) is 9.47 Å². The molecule has 0 saturated carbocycles. The van der Waals surface area contributed by atoms with E-state index in [2.05, 4.69) is 64.3 Å². The molecule has 0 radical (unpaired) electrons. The van der Waals surface area contributed by atoms with Gasteiger partial charge in [-0.15, -0.1) is 0 Å². The van der Waals surface area contributed by atoms with Crippen LogP contribution in [0.3, 0.4) is 0 Å². The Morgan fingerprint density at radius 3 is 1.87 bits per heavy atom. The van der Waals surface area contributed by atoms with Crippen molar-refractivity contribution in [1.82, 2.24) is 0 Å². The molecular formula is C35H56NO3+. The topological polar surface area (TPSA) is 35.5 Å². The van der Waals surface area contributed by atoms with Crippen LogP contribution < -0.4 is 4.74 Å². The molecule has 0 aliphatic heterocycles. The van der Waals surface area contributed by atoms with Gasteiger partial charge >= 0.3 is 5.97 Å². The number of likely N-dealkylation sites (N-methyl/N-ethyl adjacent to an activating group) is 1. The summed E-state index contributed by atoms with van der Waals surface area (Å²) in [6, 6.07) is 18.5.